The van der Waals surface area contributed by atoms with Crippen LogP contribution in [0.15, 0.2) is 42.7 Å². The third-order valence-corrected chi connectivity index (χ3v) is 6.11. The summed E-state index contributed by atoms with van der Waals surface area (Å²) in [6.45, 7) is 6.22. The van der Waals surface area contributed by atoms with Crippen molar-refractivity contribution in [1.82, 2.24) is 14.5 Å². The molecule has 2 aromatic rings. The fourth-order valence-corrected chi connectivity index (χ4v) is 4.66. The average molecular weight is 381 g/mol. The summed E-state index contributed by atoms with van der Waals surface area (Å²) in [7, 11) is 0. The van der Waals surface area contributed by atoms with E-state index in [4.69, 9.17) is 4.74 Å². The maximum atomic E-state index is 12.9. The predicted octanol–water partition coefficient (Wildman–Crippen LogP) is 2.89. The number of hydrogen-bond acceptors (Lipinski definition) is 4. The number of nitrogens with zero attached hydrogens (tertiary/aromatic N) is 3. The zero-order valence-corrected chi connectivity index (χ0v) is 16.5. The van der Waals surface area contributed by atoms with E-state index in [1.54, 1.807) is 6.33 Å². The molecule has 2 aliphatic rings. The van der Waals surface area contributed by atoms with Crippen molar-refractivity contribution < 1.29 is 14.3 Å². The quantitative estimate of drug-likeness (QED) is 0.590. The fraction of sp³-hybridized carbons (Fsp3) is 0.500. The van der Waals surface area contributed by atoms with E-state index in [-0.39, 0.29) is 35.5 Å². The van der Waals surface area contributed by atoms with E-state index in [1.165, 1.54) is 0 Å². The number of hydrogen-bond donors (Lipinski definition) is 0. The molecule has 1 aromatic carbocycles. The molecule has 6 nitrogen and oxygen atoms in total. The first-order valence-corrected chi connectivity index (χ1v) is 10.1. The Kier molecular flexibility index (Phi) is 5.20. The van der Waals surface area contributed by atoms with E-state index in [0.29, 0.717) is 32.7 Å². The Bertz CT molecular complexity index is 903. The first-order chi connectivity index (χ1) is 13.6. The van der Waals surface area contributed by atoms with Gasteiger partial charge in [0.2, 0.25) is 5.91 Å². The van der Waals surface area contributed by atoms with Crippen molar-refractivity contribution in [3.05, 3.63) is 42.7 Å². The van der Waals surface area contributed by atoms with Gasteiger partial charge in [0.1, 0.15) is 0 Å². The van der Waals surface area contributed by atoms with Crippen LogP contribution in [0, 0.1) is 23.7 Å². The van der Waals surface area contributed by atoms with Crippen LogP contribution in [0.3, 0.4) is 0 Å². The molecule has 1 aromatic heterocycles. The molecule has 6 heteroatoms. The van der Waals surface area contributed by atoms with Gasteiger partial charge in [0.05, 0.1) is 29.9 Å². The number of benzene rings is 1. The van der Waals surface area contributed by atoms with Crippen molar-refractivity contribution in [3.8, 4) is 0 Å². The molecule has 0 bridgehead atoms. The third-order valence-electron chi connectivity index (χ3n) is 6.11. The van der Waals surface area contributed by atoms with Crippen molar-refractivity contribution in [2.24, 2.45) is 23.7 Å². The second-order valence-corrected chi connectivity index (χ2v) is 7.82. The van der Waals surface area contributed by atoms with Gasteiger partial charge in [0.25, 0.3) is 0 Å². The molecule has 1 amide bonds. The fourth-order valence-electron chi connectivity index (χ4n) is 4.66. The second-order valence-electron chi connectivity index (χ2n) is 7.82. The number of imidazole rings is 1. The minimum absolute atomic E-state index is 0.131. The minimum Gasteiger partial charge on any atom is -0.466 e. The zero-order valence-electron chi connectivity index (χ0n) is 16.5. The maximum Gasteiger partial charge on any atom is 0.309 e. The Balaban J connectivity index is 1.41. The highest BCUT2D eigenvalue weighted by Gasteiger charge is 2.45. The van der Waals surface area contributed by atoms with Crippen LogP contribution in [0.25, 0.3) is 11.0 Å². The average Bonchev–Trinajstić information content (AvgIpc) is 3.30. The molecular formula is C22H27N3O3. The van der Waals surface area contributed by atoms with Crippen molar-refractivity contribution in [2.45, 2.75) is 26.8 Å². The molecular weight excluding hydrogens is 354 g/mol. The summed E-state index contributed by atoms with van der Waals surface area (Å²) >= 11 is 0. The number of carbonyl (C=O) groups excluding carboxylic acids is 2. The number of esters is 1. The lowest BCUT2D eigenvalue weighted by atomic mass is 9.72. The van der Waals surface area contributed by atoms with Gasteiger partial charge in [-0.05, 0) is 36.8 Å². The van der Waals surface area contributed by atoms with Crippen molar-refractivity contribution in [3.63, 3.8) is 0 Å². The van der Waals surface area contributed by atoms with Crippen LogP contribution in [0.4, 0.5) is 0 Å². The van der Waals surface area contributed by atoms with E-state index >= 15 is 0 Å². The predicted molar refractivity (Wildman–Crippen MR) is 106 cm³/mol. The standard InChI is InChI=1S/C22H27N3O3/c1-3-28-22(27)21-15(2)8-9-16-12-25(13-17(16)21)20(26)10-11-24-14-23-18-6-4-5-7-19(18)24/h4-9,14-17,21H,3,10-13H2,1-2H3/t15-,16-,17-,21-/m0/s1. The smallest absolute Gasteiger partial charge is 0.309 e. The lowest BCUT2D eigenvalue weighted by Gasteiger charge is -2.31. The van der Waals surface area contributed by atoms with E-state index < -0.39 is 0 Å². The van der Waals surface area contributed by atoms with Crippen LogP contribution < -0.4 is 0 Å². The van der Waals surface area contributed by atoms with Gasteiger partial charge in [-0.2, -0.15) is 0 Å². The Morgan fingerprint density at radius 3 is 2.86 bits per heavy atom. The van der Waals surface area contributed by atoms with E-state index in [1.807, 2.05) is 40.7 Å². The SMILES string of the molecule is CCOC(=O)[C@@H]1[C@H]2CN(C(=O)CCn3cnc4ccccc43)C[C@@H]2C=C[C@@H]1C. The number of aryl methyl sites for hydroxylation is 1. The Morgan fingerprint density at radius 1 is 1.21 bits per heavy atom. The number of rotatable bonds is 5. The molecule has 1 saturated heterocycles. The van der Waals surface area contributed by atoms with Gasteiger partial charge < -0.3 is 14.2 Å². The van der Waals surface area contributed by atoms with E-state index in [2.05, 4.69) is 24.1 Å². The molecule has 0 saturated carbocycles. The third kappa shape index (κ3) is 3.43. The van der Waals surface area contributed by atoms with Crippen LogP contribution in [0.1, 0.15) is 20.3 Å². The van der Waals surface area contributed by atoms with Crippen LogP contribution in [0.5, 0.6) is 0 Å². The van der Waals surface area contributed by atoms with Gasteiger partial charge in [0, 0.05) is 26.1 Å². The summed E-state index contributed by atoms with van der Waals surface area (Å²) < 4.78 is 7.33. The lowest BCUT2D eigenvalue weighted by Crippen LogP contribution is -2.37. The summed E-state index contributed by atoms with van der Waals surface area (Å²) in [4.78, 5) is 31.6. The minimum atomic E-state index is -0.162. The highest BCUT2D eigenvalue weighted by atomic mass is 16.5. The Hall–Kier alpha value is -2.63. The largest absolute Gasteiger partial charge is 0.466 e. The van der Waals surface area contributed by atoms with Crippen molar-refractivity contribution in [1.29, 1.82) is 0 Å². The summed E-state index contributed by atoms with van der Waals surface area (Å²) in [5.41, 5.74) is 1.99. The number of ether oxygens (including phenoxy) is 1. The topological polar surface area (TPSA) is 64.4 Å². The molecule has 28 heavy (non-hydrogen) atoms. The molecule has 2 heterocycles. The number of amides is 1. The Morgan fingerprint density at radius 2 is 2.04 bits per heavy atom. The van der Waals surface area contributed by atoms with Gasteiger partial charge >= 0.3 is 5.97 Å². The summed E-state index contributed by atoms with van der Waals surface area (Å²) in [5, 5.41) is 0. The monoisotopic (exact) mass is 381 g/mol. The molecule has 0 radical (unpaired) electrons. The number of allylic oxidation sites excluding steroid dienone is 1. The van der Waals surface area contributed by atoms with Gasteiger partial charge in [0.15, 0.2) is 0 Å². The highest BCUT2D eigenvalue weighted by Crippen LogP contribution is 2.40. The normalized spacial score (nSPS) is 26.4. The number of para-hydroxylation sites is 2. The van der Waals surface area contributed by atoms with Gasteiger partial charge in [-0.25, -0.2) is 4.98 Å². The highest BCUT2D eigenvalue weighted by molar-refractivity contribution is 5.79. The summed E-state index contributed by atoms with van der Waals surface area (Å²) in [6.07, 6.45) is 6.52. The molecule has 0 unspecified atom stereocenters. The van der Waals surface area contributed by atoms with E-state index in [0.717, 1.165) is 11.0 Å². The molecule has 1 fully saturated rings. The molecule has 148 valence electrons. The van der Waals surface area contributed by atoms with Gasteiger partial charge in [-0.15, -0.1) is 0 Å². The van der Waals surface area contributed by atoms with Crippen molar-refractivity contribution in [2.75, 3.05) is 19.7 Å². The summed E-state index contributed by atoms with van der Waals surface area (Å²) in [5.74, 6) is 0.378. The zero-order chi connectivity index (χ0) is 19.7. The van der Waals surface area contributed by atoms with Crippen molar-refractivity contribution >= 4 is 22.9 Å². The van der Waals surface area contributed by atoms with Crippen LogP contribution in [0.2, 0.25) is 0 Å². The molecule has 1 aliphatic heterocycles. The molecule has 1 aliphatic carbocycles. The number of likely N-dealkylation sites (tertiary alicyclic amines) is 1. The number of fused-ring (bicyclic) bond motifs is 2. The van der Waals surface area contributed by atoms with Crippen LogP contribution >= 0.6 is 0 Å². The molecule has 4 atom stereocenters. The van der Waals surface area contributed by atoms with E-state index in [9.17, 15) is 9.59 Å². The number of carbonyl (C=O) groups is 2. The molecule has 4 rings (SSSR count). The first-order valence-electron chi connectivity index (χ1n) is 10.1. The Labute approximate surface area is 165 Å². The summed E-state index contributed by atoms with van der Waals surface area (Å²) in [6, 6.07) is 7.94. The lowest BCUT2D eigenvalue weighted by molar-refractivity contribution is -0.152. The number of aromatic nitrogens is 2. The van der Waals surface area contributed by atoms with Crippen LogP contribution in [-0.4, -0.2) is 46.0 Å². The van der Waals surface area contributed by atoms with Crippen LogP contribution in [-0.2, 0) is 20.9 Å². The molecule has 0 N–H and O–H groups in total. The first kappa shape index (κ1) is 18.7. The second kappa shape index (κ2) is 7.78. The van der Waals surface area contributed by atoms with Gasteiger partial charge in [-0.3, -0.25) is 9.59 Å². The van der Waals surface area contributed by atoms with Gasteiger partial charge in [-0.1, -0.05) is 31.2 Å². The molecule has 0 spiro atoms. The maximum absolute atomic E-state index is 12.9.